The third kappa shape index (κ3) is 4.40. The van der Waals surface area contributed by atoms with Crippen LogP contribution in [0.15, 0.2) is 0 Å². The molecule has 1 fully saturated rings. The van der Waals surface area contributed by atoms with Crippen molar-refractivity contribution in [2.45, 2.75) is 44.9 Å². The van der Waals surface area contributed by atoms with E-state index < -0.39 is 0 Å². The first-order valence-corrected chi connectivity index (χ1v) is 5.60. The van der Waals surface area contributed by atoms with Gasteiger partial charge in [0.15, 0.2) is 0 Å². The first-order valence-electron chi connectivity index (χ1n) is 5.60. The van der Waals surface area contributed by atoms with Gasteiger partial charge >= 0.3 is 0 Å². The van der Waals surface area contributed by atoms with E-state index in [1.807, 2.05) is 0 Å². The third-order valence-corrected chi connectivity index (χ3v) is 2.64. The molecule has 3 heteroatoms. The van der Waals surface area contributed by atoms with Crippen LogP contribution in [0.5, 0.6) is 0 Å². The van der Waals surface area contributed by atoms with Crippen molar-refractivity contribution in [3.8, 4) is 0 Å². The van der Waals surface area contributed by atoms with Gasteiger partial charge in [-0.3, -0.25) is 0 Å². The predicted molar refractivity (Wildman–Crippen MR) is 59.6 cm³/mol. The van der Waals surface area contributed by atoms with Gasteiger partial charge in [0.05, 0.1) is 6.10 Å². The summed E-state index contributed by atoms with van der Waals surface area (Å²) in [4.78, 5) is 2.22. The highest BCUT2D eigenvalue weighted by Gasteiger charge is 2.20. The minimum absolute atomic E-state index is 0.424. The summed E-state index contributed by atoms with van der Waals surface area (Å²) in [6, 6.07) is 1.22. The number of likely N-dealkylation sites (N-methyl/N-ethyl adjacent to an activating group) is 1. The first-order chi connectivity index (χ1) is 6.58. The Bertz CT molecular complexity index is 161. The lowest BCUT2D eigenvalue weighted by molar-refractivity contribution is 0.0111. The summed E-state index contributed by atoms with van der Waals surface area (Å²) in [6.45, 7) is 6.42. The average Bonchev–Trinajstić information content (AvgIpc) is 2.01. The Morgan fingerprint density at radius 3 is 2.79 bits per heavy atom. The Kier molecular flexibility index (Phi) is 4.85. The number of hydrogen-bond donors (Lipinski definition) is 1. The summed E-state index contributed by atoms with van der Waals surface area (Å²) in [5, 5.41) is 3.66. The van der Waals surface area contributed by atoms with Gasteiger partial charge in [0.25, 0.3) is 0 Å². The zero-order valence-electron chi connectivity index (χ0n) is 9.92. The lowest BCUT2D eigenvalue weighted by atomic mass is 10.0. The fourth-order valence-corrected chi connectivity index (χ4v) is 2.15. The zero-order chi connectivity index (χ0) is 10.6. The summed E-state index contributed by atoms with van der Waals surface area (Å²) >= 11 is 0. The van der Waals surface area contributed by atoms with E-state index in [-0.39, 0.29) is 0 Å². The van der Waals surface area contributed by atoms with E-state index in [0.717, 1.165) is 26.0 Å². The van der Waals surface area contributed by atoms with E-state index in [9.17, 15) is 0 Å². The molecule has 1 aliphatic heterocycles. The van der Waals surface area contributed by atoms with Gasteiger partial charge in [0.1, 0.15) is 0 Å². The van der Waals surface area contributed by atoms with Crippen LogP contribution in [0, 0.1) is 0 Å². The predicted octanol–water partition coefficient (Wildman–Crippen LogP) is 1.09. The molecule has 0 aromatic carbocycles. The van der Waals surface area contributed by atoms with Crippen molar-refractivity contribution in [2.75, 3.05) is 27.2 Å². The average molecular weight is 200 g/mol. The highest BCUT2D eigenvalue weighted by molar-refractivity contribution is 4.78. The van der Waals surface area contributed by atoms with Gasteiger partial charge in [0.2, 0.25) is 0 Å². The van der Waals surface area contributed by atoms with Crippen molar-refractivity contribution >= 4 is 0 Å². The van der Waals surface area contributed by atoms with Gasteiger partial charge < -0.3 is 15.0 Å². The minimum atomic E-state index is 0.424. The van der Waals surface area contributed by atoms with Gasteiger partial charge in [0, 0.05) is 25.2 Å². The van der Waals surface area contributed by atoms with E-state index in [0.29, 0.717) is 18.2 Å². The zero-order valence-corrected chi connectivity index (χ0v) is 9.92. The molecule has 14 heavy (non-hydrogen) atoms. The van der Waals surface area contributed by atoms with Gasteiger partial charge in [-0.25, -0.2) is 0 Å². The highest BCUT2D eigenvalue weighted by Crippen LogP contribution is 2.13. The fraction of sp³-hybridized carbons (Fsp3) is 1.00. The molecule has 0 saturated carbocycles. The molecule has 0 aromatic heterocycles. The maximum absolute atomic E-state index is 5.52. The topological polar surface area (TPSA) is 24.5 Å². The van der Waals surface area contributed by atoms with Gasteiger partial charge in [-0.15, -0.1) is 0 Å². The molecule has 0 spiro atoms. The molecule has 0 bridgehead atoms. The summed E-state index contributed by atoms with van der Waals surface area (Å²) in [6.07, 6.45) is 2.73. The smallest absolute Gasteiger partial charge is 0.0561 e. The SMILES string of the molecule is CC(CN(C)C)NC1CCOC(C)C1. The van der Waals surface area contributed by atoms with E-state index in [2.05, 4.69) is 38.2 Å². The molecule has 3 nitrogen and oxygen atoms in total. The summed E-state index contributed by atoms with van der Waals surface area (Å²) in [7, 11) is 4.23. The molecular weight excluding hydrogens is 176 g/mol. The minimum Gasteiger partial charge on any atom is -0.378 e. The number of hydrogen-bond acceptors (Lipinski definition) is 3. The lowest BCUT2D eigenvalue weighted by Gasteiger charge is -2.31. The number of nitrogens with zero attached hydrogens (tertiary/aromatic N) is 1. The standard InChI is InChI=1S/C11H24N2O/c1-9(8-13(3)4)12-11-5-6-14-10(2)7-11/h9-12H,5-8H2,1-4H3. The van der Waals surface area contributed by atoms with Gasteiger partial charge in [-0.2, -0.15) is 0 Å². The Labute approximate surface area is 87.8 Å². The number of nitrogens with one attached hydrogen (secondary N) is 1. The van der Waals surface area contributed by atoms with Crippen molar-refractivity contribution in [1.82, 2.24) is 10.2 Å². The van der Waals surface area contributed by atoms with Gasteiger partial charge in [-0.1, -0.05) is 0 Å². The Morgan fingerprint density at radius 1 is 1.50 bits per heavy atom. The Hall–Kier alpha value is -0.120. The van der Waals surface area contributed by atoms with Crippen LogP contribution >= 0.6 is 0 Å². The second-order valence-electron chi connectivity index (χ2n) is 4.73. The van der Waals surface area contributed by atoms with Crippen LogP contribution in [0.1, 0.15) is 26.7 Å². The second-order valence-corrected chi connectivity index (χ2v) is 4.73. The largest absolute Gasteiger partial charge is 0.378 e. The molecule has 0 aromatic rings. The first kappa shape index (κ1) is 12.0. The molecule has 3 atom stereocenters. The molecule has 0 radical (unpaired) electrons. The van der Waals surface area contributed by atoms with Gasteiger partial charge in [-0.05, 0) is 40.8 Å². The van der Waals surface area contributed by atoms with Crippen molar-refractivity contribution in [1.29, 1.82) is 0 Å². The van der Waals surface area contributed by atoms with Crippen LogP contribution in [0.3, 0.4) is 0 Å². The van der Waals surface area contributed by atoms with Crippen LogP contribution in [0.4, 0.5) is 0 Å². The summed E-state index contributed by atoms with van der Waals surface area (Å²) in [5.41, 5.74) is 0. The molecule has 1 heterocycles. The molecule has 0 aliphatic carbocycles. The van der Waals surface area contributed by atoms with Crippen molar-refractivity contribution in [3.63, 3.8) is 0 Å². The van der Waals surface area contributed by atoms with Crippen LogP contribution in [0.2, 0.25) is 0 Å². The van der Waals surface area contributed by atoms with E-state index in [1.165, 1.54) is 0 Å². The maximum atomic E-state index is 5.52. The van der Waals surface area contributed by atoms with Crippen LogP contribution in [-0.4, -0.2) is 50.3 Å². The molecule has 1 N–H and O–H groups in total. The summed E-state index contributed by atoms with van der Waals surface area (Å²) < 4.78 is 5.52. The molecular formula is C11H24N2O. The number of ether oxygens (including phenoxy) is 1. The highest BCUT2D eigenvalue weighted by atomic mass is 16.5. The maximum Gasteiger partial charge on any atom is 0.0561 e. The summed E-state index contributed by atoms with van der Waals surface area (Å²) in [5.74, 6) is 0. The molecule has 1 aliphatic rings. The van der Waals surface area contributed by atoms with Crippen molar-refractivity contribution in [2.24, 2.45) is 0 Å². The Morgan fingerprint density at radius 2 is 2.21 bits per heavy atom. The Balaban J connectivity index is 2.21. The second kappa shape index (κ2) is 5.69. The molecule has 1 saturated heterocycles. The van der Waals surface area contributed by atoms with Crippen LogP contribution in [-0.2, 0) is 4.74 Å². The third-order valence-electron chi connectivity index (χ3n) is 2.64. The van der Waals surface area contributed by atoms with E-state index >= 15 is 0 Å². The molecule has 0 amide bonds. The van der Waals surface area contributed by atoms with Crippen LogP contribution in [0.25, 0.3) is 0 Å². The van der Waals surface area contributed by atoms with E-state index in [1.54, 1.807) is 0 Å². The quantitative estimate of drug-likeness (QED) is 0.735. The lowest BCUT2D eigenvalue weighted by Crippen LogP contribution is -2.45. The van der Waals surface area contributed by atoms with Crippen molar-refractivity contribution in [3.05, 3.63) is 0 Å². The van der Waals surface area contributed by atoms with Crippen LogP contribution < -0.4 is 5.32 Å². The molecule has 1 rings (SSSR count). The normalized spacial score (nSPS) is 30.6. The number of rotatable bonds is 4. The van der Waals surface area contributed by atoms with Crippen molar-refractivity contribution < 1.29 is 4.74 Å². The fourth-order valence-electron chi connectivity index (χ4n) is 2.15. The van der Waals surface area contributed by atoms with E-state index in [4.69, 9.17) is 4.74 Å². The molecule has 84 valence electrons. The molecule has 3 unspecified atom stereocenters. The monoisotopic (exact) mass is 200 g/mol.